The van der Waals surface area contributed by atoms with Crippen molar-refractivity contribution in [1.29, 1.82) is 0 Å². The molecule has 4 aliphatic carbocycles. The van der Waals surface area contributed by atoms with Gasteiger partial charge >= 0.3 is 0 Å². The van der Waals surface area contributed by atoms with E-state index in [2.05, 4.69) is 13.8 Å². The molecule has 6 heteroatoms. The molecule has 4 rings (SSSR count). The van der Waals surface area contributed by atoms with E-state index in [1.54, 1.807) is 26.2 Å². The Morgan fingerprint density at radius 1 is 1.16 bits per heavy atom. The van der Waals surface area contributed by atoms with Crippen LogP contribution >= 0.6 is 0 Å². The summed E-state index contributed by atoms with van der Waals surface area (Å²) in [5.74, 6) is 0.875. The highest BCUT2D eigenvalue weighted by Gasteiger charge is 2.66. The molecule has 6 atom stereocenters. The van der Waals surface area contributed by atoms with Crippen molar-refractivity contribution in [2.24, 2.45) is 28.6 Å². The number of carbonyl (C=O) groups is 2. The molecule has 0 heterocycles. The lowest BCUT2D eigenvalue weighted by Crippen LogP contribution is -2.58. The lowest BCUT2D eigenvalue weighted by Gasteiger charge is -2.58. The van der Waals surface area contributed by atoms with E-state index in [0.717, 1.165) is 44.1 Å². The standard InChI is InChI=1S/C25H36O6/c1-16(26)25(31-15-30-12-11-29-4)10-8-20-18-6-5-17-13-21(27)22(28)14-23(17,2)19(18)7-9-24(20,25)3/h13-14,18-20,28H,5-12,15H2,1-4H3/t18-,19+,20+,23+,24+,25+/m1/s1. The van der Waals surface area contributed by atoms with Crippen molar-refractivity contribution in [2.45, 2.75) is 64.9 Å². The van der Waals surface area contributed by atoms with Crippen molar-refractivity contribution in [3.05, 3.63) is 23.5 Å². The molecule has 0 unspecified atom stereocenters. The Labute approximate surface area is 185 Å². The van der Waals surface area contributed by atoms with Gasteiger partial charge in [-0.3, -0.25) is 9.59 Å². The molecule has 172 valence electrons. The second kappa shape index (κ2) is 8.13. The number of carbonyl (C=O) groups excluding carboxylic acids is 2. The van der Waals surface area contributed by atoms with Crippen LogP contribution in [-0.2, 0) is 23.8 Å². The van der Waals surface area contributed by atoms with Crippen LogP contribution in [0.3, 0.4) is 0 Å². The molecular formula is C25H36O6. The van der Waals surface area contributed by atoms with Gasteiger partial charge in [-0.1, -0.05) is 19.4 Å². The molecule has 3 fully saturated rings. The maximum Gasteiger partial charge on any atom is 0.219 e. The van der Waals surface area contributed by atoms with Gasteiger partial charge in [-0.2, -0.15) is 0 Å². The summed E-state index contributed by atoms with van der Waals surface area (Å²) < 4.78 is 16.9. The van der Waals surface area contributed by atoms with Crippen molar-refractivity contribution >= 4 is 11.6 Å². The summed E-state index contributed by atoms with van der Waals surface area (Å²) in [7, 11) is 1.63. The number of rotatable bonds is 7. The summed E-state index contributed by atoms with van der Waals surface area (Å²) in [5.41, 5.74) is -0.182. The molecule has 0 aromatic carbocycles. The van der Waals surface area contributed by atoms with E-state index in [1.165, 1.54) is 0 Å². The Morgan fingerprint density at radius 3 is 2.61 bits per heavy atom. The maximum absolute atomic E-state index is 13.0. The number of ether oxygens (including phenoxy) is 3. The van der Waals surface area contributed by atoms with Crippen LogP contribution in [0.15, 0.2) is 23.5 Å². The van der Waals surface area contributed by atoms with Crippen molar-refractivity contribution in [3.63, 3.8) is 0 Å². The predicted octanol–water partition coefficient (Wildman–Crippen LogP) is 4.14. The lowest BCUT2D eigenvalue weighted by atomic mass is 9.47. The first-order valence-corrected chi connectivity index (χ1v) is 11.6. The zero-order valence-electron chi connectivity index (χ0n) is 19.2. The minimum atomic E-state index is -0.812. The Hall–Kier alpha value is -1.50. The highest BCUT2D eigenvalue weighted by Crippen LogP contribution is 2.67. The number of aliphatic hydroxyl groups excluding tert-OH is 1. The topological polar surface area (TPSA) is 82.1 Å². The average Bonchev–Trinajstić information content (AvgIpc) is 3.02. The number of aliphatic hydroxyl groups is 1. The van der Waals surface area contributed by atoms with Crippen LogP contribution < -0.4 is 0 Å². The first kappa shape index (κ1) is 22.7. The number of hydrogen-bond acceptors (Lipinski definition) is 6. The van der Waals surface area contributed by atoms with E-state index < -0.39 is 5.60 Å². The van der Waals surface area contributed by atoms with E-state index in [0.29, 0.717) is 31.0 Å². The van der Waals surface area contributed by atoms with E-state index >= 15 is 0 Å². The zero-order chi connectivity index (χ0) is 22.4. The third-order valence-electron chi connectivity index (χ3n) is 9.15. The van der Waals surface area contributed by atoms with Crippen molar-refractivity contribution in [3.8, 4) is 0 Å². The fourth-order valence-corrected chi connectivity index (χ4v) is 7.54. The molecule has 0 radical (unpaired) electrons. The van der Waals surface area contributed by atoms with Crippen LogP contribution in [-0.4, -0.2) is 49.4 Å². The van der Waals surface area contributed by atoms with Crippen LogP contribution in [0.25, 0.3) is 0 Å². The summed E-state index contributed by atoms with van der Waals surface area (Å²) in [4.78, 5) is 25.0. The Morgan fingerprint density at radius 2 is 1.90 bits per heavy atom. The molecule has 0 saturated heterocycles. The van der Waals surface area contributed by atoms with Gasteiger partial charge in [-0.15, -0.1) is 0 Å². The summed E-state index contributed by atoms with van der Waals surface area (Å²) in [5, 5.41) is 10.2. The summed E-state index contributed by atoms with van der Waals surface area (Å²) in [6.07, 6.45) is 8.87. The number of allylic oxidation sites excluding steroid dienone is 3. The van der Waals surface area contributed by atoms with Gasteiger partial charge in [0.1, 0.15) is 12.4 Å². The lowest BCUT2D eigenvalue weighted by molar-refractivity contribution is -0.205. The van der Waals surface area contributed by atoms with E-state index in [9.17, 15) is 14.7 Å². The molecule has 0 aromatic rings. The van der Waals surface area contributed by atoms with Gasteiger partial charge in [0.05, 0.1) is 13.2 Å². The van der Waals surface area contributed by atoms with Crippen LogP contribution in [0.1, 0.15) is 59.3 Å². The second-order valence-corrected chi connectivity index (χ2v) is 10.3. The summed E-state index contributed by atoms with van der Waals surface area (Å²) in [6, 6.07) is 0. The number of hydrogen-bond donors (Lipinski definition) is 1. The van der Waals surface area contributed by atoms with Crippen molar-refractivity contribution in [2.75, 3.05) is 27.1 Å². The molecule has 0 amide bonds. The average molecular weight is 433 g/mol. The van der Waals surface area contributed by atoms with Gasteiger partial charge in [0.25, 0.3) is 0 Å². The summed E-state index contributed by atoms with van der Waals surface area (Å²) >= 11 is 0. The first-order chi connectivity index (χ1) is 14.7. The molecule has 1 N–H and O–H groups in total. The van der Waals surface area contributed by atoms with Crippen molar-refractivity contribution in [1.82, 2.24) is 0 Å². The Kier molecular flexibility index (Phi) is 5.95. The minimum absolute atomic E-state index is 0.0923. The molecular weight excluding hydrogens is 396 g/mol. The Bertz CT molecular complexity index is 815. The summed E-state index contributed by atoms with van der Waals surface area (Å²) in [6.45, 7) is 7.11. The largest absolute Gasteiger partial charge is 0.504 e. The highest BCUT2D eigenvalue weighted by atomic mass is 16.7. The third-order valence-corrected chi connectivity index (χ3v) is 9.15. The molecule has 6 nitrogen and oxygen atoms in total. The van der Waals surface area contributed by atoms with E-state index in [-0.39, 0.29) is 34.9 Å². The number of Topliss-reactive ketones (excluding diaryl/α,β-unsaturated/α-hetero) is 1. The molecule has 0 aliphatic heterocycles. The Balaban J connectivity index is 1.59. The molecule has 0 spiro atoms. The molecule has 0 bridgehead atoms. The third kappa shape index (κ3) is 3.33. The highest BCUT2D eigenvalue weighted by molar-refractivity contribution is 6.04. The van der Waals surface area contributed by atoms with Gasteiger partial charge in [0, 0.05) is 17.9 Å². The van der Waals surface area contributed by atoms with Crippen LogP contribution in [0, 0.1) is 28.6 Å². The molecule has 4 aliphatic rings. The molecule has 0 aromatic heterocycles. The minimum Gasteiger partial charge on any atom is -0.504 e. The van der Waals surface area contributed by atoms with Crippen LogP contribution in [0.5, 0.6) is 0 Å². The number of fused-ring (bicyclic) bond motifs is 5. The smallest absolute Gasteiger partial charge is 0.219 e. The van der Waals surface area contributed by atoms with Crippen molar-refractivity contribution < 1.29 is 28.9 Å². The van der Waals surface area contributed by atoms with Gasteiger partial charge < -0.3 is 19.3 Å². The fraction of sp³-hybridized carbons (Fsp3) is 0.760. The van der Waals surface area contributed by atoms with Gasteiger partial charge in [0.2, 0.25) is 5.78 Å². The normalized spacial score (nSPS) is 41.7. The van der Waals surface area contributed by atoms with E-state index in [1.807, 2.05) is 0 Å². The van der Waals surface area contributed by atoms with E-state index in [4.69, 9.17) is 14.2 Å². The number of ketones is 2. The maximum atomic E-state index is 13.0. The van der Waals surface area contributed by atoms with Crippen LogP contribution in [0.4, 0.5) is 0 Å². The predicted molar refractivity (Wildman–Crippen MR) is 115 cm³/mol. The first-order valence-electron chi connectivity index (χ1n) is 11.6. The molecule has 31 heavy (non-hydrogen) atoms. The molecule has 3 saturated carbocycles. The van der Waals surface area contributed by atoms with Gasteiger partial charge in [-0.05, 0) is 75.4 Å². The fourth-order valence-electron chi connectivity index (χ4n) is 7.54. The SMILES string of the molecule is COCCOCO[C@]1(C(C)=O)CC[C@H]2[C@@H]3CCC4=CC(=O)C(O)=C[C@]4(C)[C@H]3CC[C@@]21C. The van der Waals surface area contributed by atoms with Crippen LogP contribution in [0.2, 0.25) is 0 Å². The van der Waals surface area contributed by atoms with Gasteiger partial charge in [0.15, 0.2) is 11.5 Å². The van der Waals surface area contributed by atoms with Gasteiger partial charge in [-0.25, -0.2) is 0 Å². The second-order valence-electron chi connectivity index (χ2n) is 10.3. The number of methoxy groups -OCH3 is 1. The zero-order valence-corrected chi connectivity index (χ0v) is 19.2. The quantitative estimate of drug-likeness (QED) is 0.481. The monoisotopic (exact) mass is 432 g/mol.